The van der Waals surface area contributed by atoms with E-state index in [1.54, 1.807) is 26.4 Å². The summed E-state index contributed by atoms with van der Waals surface area (Å²) in [7, 11) is 3.14. The fourth-order valence-electron chi connectivity index (χ4n) is 2.49. The van der Waals surface area contributed by atoms with Gasteiger partial charge < -0.3 is 15.2 Å². The zero-order valence-corrected chi connectivity index (χ0v) is 13.2. The first-order valence-electron chi connectivity index (χ1n) is 7.32. The minimum absolute atomic E-state index is 0.254. The average Bonchev–Trinajstić information content (AvgIpc) is 2.54. The minimum atomic E-state index is -0.254. The SMILES string of the molecule is COc1ccc(-c2cc(C(C)CCN)ccc2F)cc1OC. The lowest BCUT2D eigenvalue weighted by Gasteiger charge is -2.14. The molecule has 0 aliphatic rings. The van der Waals surface area contributed by atoms with Crippen molar-refractivity contribution in [3.8, 4) is 22.6 Å². The van der Waals surface area contributed by atoms with Crippen LogP contribution in [0.15, 0.2) is 36.4 Å². The predicted molar refractivity (Wildman–Crippen MR) is 87.0 cm³/mol. The molecule has 2 N–H and O–H groups in total. The second-order valence-corrected chi connectivity index (χ2v) is 5.29. The van der Waals surface area contributed by atoms with Crippen molar-refractivity contribution in [2.24, 2.45) is 5.73 Å². The summed E-state index contributed by atoms with van der Waals surface area (Å²) in [4.78, 5) is 0. The Labute approximate surface area is 130 Å². The van der Waals surface area contributed by atoms with Gasteiger partial charge >= 0.3 is 0 Å². The molecule has 22 heavy (non-hydrogen) atoms. The molecule has 1 unspecified atom stereocenters. The van der Waals surface area contributed by atoms with E-state index in [9.17, 15) is 4.39 Å². The average molecular weight is 303 g/mol. The number of nitrogens with two attached hydrogens (primary N) is 1. The van der Waals surface area contributed by atoms with Gasteiger partial charge in [-0.3, -0.25) is 0 Å². The second-order valence-electron chi connectivity index (χ2n) is 5.29. The predicted octanol–water partition coefficient (Wildman–Crippen LogP) is 3.96. The van der Waals surface area contributed by atoms with Gasteiger partial charge in [0.1, 0.15) is 5.82 Å². The van der Waals surface area contributed by atoms with Gasteiger partial charge in [0.05, 0.1) is 14.2 Å². The molecule has 118 valence electrons. The maximum Gasteiger partial charge on any atom is 0.161 e. The molecule has 1 atom stereocenters. The van der Waals surface area contributed by atoms with Crippen molar-refractivity contribution in [1.29, 1.82) is 0 Å². The Kier molecular flexibility index (Phi) is 5.39. The highest BCUT2D eigenvalue weighted by molar-refractivity contribution is 5.68. The standard InChI is InChI=1S/C18H22FNO2/c1-12(8-9-20)13-4-6-16(19)15(10-13)14-5-7-17(21-2)18(11-14)22-3/h4-7,10-12H,8-9,20H2,1-3H3. The van der Waals surface area contributed by atoms with Crippen molar-refractivity contribution in [1.82, 2.24) is 0 Å². The van der Waals surface area contributed by atoms with Gasteiger partial charge in [-0.15, -0.1) is 0 Å². The Balaban J connectivity index is 2.45. The molecule has 2 aromatic carbocycles. The van der Waals surface area contributed by atoms with Gasteiger partial charge in [0, 0.05) is 5.56 Å². The molecule has 2 aromatic rings. The largest absolute Gasteiger partial charge is 0.493 e. The third-order valence-electron chi connectivity index (χ3n) is 3.85. The van der Waals surface area contributed by atoms with E-state index in [-0.39, 0.29) is 5.82 Å². The highest BCUT2D eigenvalue weighted by atomic mass is 19.1. The van der Waals surface area contributed by atoms with Crippen molar-refractivity contribution in [3.63, 3.8) is 0 Å². The van der Waals surface area contributed by atoms with E-state index in [1.165, 1.54) is 6.07 Å². The van der Waals surface area contributed by atoms with Crippen molar-refractivity contribution in [2.45, 2.75) is 19.3 Å². The Morgan fingerprint density at radius 3 is 2.41 bits per heavy atom. The van der Waals surface area contributed by atoms with E-state index >= 15 is 0 Å². The van der Waals surface area contributed by atoms with Crippen LogP contribution in [0, 0.1) is 5.82 Å². The van der Waals surface area contributed by atoms with Crippen LogP contribution in [0.2, 0.25) is 0 Å². The van der Waals surface area contributed by atoms with Crippen molar-refractivity contribution >= 4 is 0 Å². The lowest BCUT2D eigenvalue weighted by atomic mass is 9.93. The Hall–Kier alpha value is -2.07. The van der Waals surface area contributed by atoms with Crippen molar-refractivity contribution < 1.29 is 13.9 Å². The summed E-state index contributed by atoms with van der Waals surface area (Å²) in [6.45, 7) is 2.71. The molecule has 2 rings (SSSR count). The second kappa shape index (κ2) is 7.27. The van der Waals surface area contributed by atoms with E-state index in [2.05, 4.69) is 6.92 Å². The third kappa shape index (κ3) is 3.39. The summed E-state index contributed by atoms with van der Waals surface area (Å²) in [5, 5.41) is 0. The maximum atomic E-state index is 14.2. The summed E-state index contributed by atoms with van der Waals surface area (Å²) >= 11 is 0. The van der Waals surface area contributed by atoms with E-state index in [4.69, 9.17) is 15.2 Å². The minimum Gasteiger partial charge on any atom is -0.493 e. The number of benzene rings is 2. The number of rotatable bonds is 6. The van der Waals surface area contributed by atoms with Crippen molar-refractivity contribution in [2.75, 3.05) is 20.8 Å². The number of hydrogen-bond acceptors (Lipinski definition) is 3. The summed E-state index contributed by atoms with van der Waals surface area (Å²) in [6, 6.07) is 10.6. The molecule has 0 fully saturated rings. The van der Waals surface area contributed by atoms with Gasteiger partial charge in [0.25, 0.3) is 0 Å². The molecule has 0 bridgehead atoms. The Bertz CT molecular complexity index is 643. The molecule has 0 radical (unpaired) electrons. The van der Waals surface area contributed by atoms with Crippen LogP contribution in [0.25, 0.3) is 11.1 Å². The molecule has 0 aromatic heterocycles. The zero-order chi connectivity index (χ0) is 16.1. The van der Waals surface area contributed by atoms with Crippen LogP contribution >= 0.6 is 0 Å². The monoisotopic (exact) mass is 303 g/mol. The van der Waals surface area contributed by atoms with Crippen LogP contribution in [-0.2, 0) is 0 Å². The number of methoxy groups -OCH3 is 2. The maximum absolute atomic E-state index is 14.2. The highest BCUT2D eigenvalue weighted by Crippen LogP contribution is 2.34. The molecule has 0 amide bonds. The van der Waals surface area contributed by atoms with E-state index < -0.39 is 0 Å². The van der Waals surface area contributed by atoms with E-state index in [1.807, 2.05) is 18.2 Å². The van der Waals surface area contributed by atoms with Gasteiger partial charge in [0.2, 0.25) is 0 Å². The molecular weight excluding hydrogens is 281 g/mol. The van der Waals surface area contributed by atoms with E-state index in [0.717, 1.165) is 17.5 Å². The van der Waals surface area contributed by atoms with E-state index in [0.29, 0.717) is 29.5 Å². The number of hydrogen-bond donors (Lipinski definition) is 1. The van der Waals surface area contributed by atoms with Gasteiger partial charge in [-0.25, -0.2) is 4.39 Å². The number of halogens is 1. The van der Waals surface area contributed by atoms with Crippen LogP contribution in [-0.4, -0.2) is 20.8 Å². The third-order valence-corrected chi connectivity index (χ3v) is 3.85. The first-order chi connectivity index (χ1) is 10.6. The van der Waals surface area contributed by atoms with Crippen LogP contribution in [0.1, 0.15) is 24.8 Å². The topological polar surface area (TPSA) is 44.5 Å². The number of ether oxygens (including phenoxy) is 2. The Morgan fingerprint density at radius 2 is 1.77 bits per heavy atom. The first-order valence-corrected chi connectivity index (χ1v) is 7.32. The van der Waals surface area contributed by atoms with Crippen LogP contribution < -0.4 is 15.2 Å². The normalized spacial score (nSPS) is 12.0. The highest BCUT2D eigenvalue weighted by Gasteiger charge is 2.13. The molecular formula is C18H22FNO2. The fourth-order valence-corrected chi connectivity index (χ4v) is 2.49. The molecule has 0 saturated heterocycles. The smallest absolute Gasteiger partial charge is 0.161 e. The first kappa shape index (κ1) is 16.3. The quantitative estimate of drug-likeness (QED) is 0.878. The molecule has 0 aliphatic carbocycles. The lowest BCUT2D eigenvalue weighted by Crippen LogP contribution is -2.05. The molecule has 0 spiro atoms. The molecule has 0 aliphatic heterocycles. The van der Waals surface area contributed by atoms with Crippen LogP contribution in [0.3, 0.4) is 0 Å². The zero-order valence-electron chi connectivity index (χ0n) is 13.2. The molecule has 0 heterocycles. The lowest BCUT2D eigenvalue weighted by molar-refractivity contribution is 0.355. The van der Waals surface area contributed by atoms with Gasteiger partial charge in [-0.2, -0.15) is 0 Å². The molecule has 0 saturated carbocycles. The summed E-state index contributed by atoms with van der Waals surface area (Å²) < 4.78 is 24.7. The van der Waals surface area contributed by atoms with Gasteiger partial charge in [0.15, 0.2) is 11.5 Å². The van der Waals surface area contributed by atoms with Crippen molar-refractivity contribution in [3.05, 3.63) is 47.8 Å². The summed E-state index contributed by atoms with van der Waals surface area (Å²) in [6.07, 6.45) is 0.872. The van der Waals surface area contributed by atoms with Gasteiger partial charge in [-0.05, 0) is 54.3 Å². The summed E-state index contributed by atoms with van der Waals surface area (Å²) in [5.41, 5.74) is 8.01. The van der Waals surface area contributed by atoms with Crippen LogP contribution in [0.5, 0.6) is 11.5 Å². The fraction of sp³-hybridized carbons (Fsp3) is 0.333. The van der Waals surface area contributed by atoms with Gasteiger partial charge in [-0.1, -0.05) is 19.1 Å². The Morgan fingerprint density at radius 1 is 1.05 bits per heavy atom. The molecule has 4 heteroatoms. The molecule has 3 nitrogen and oxygen atoms in total. The van der Waals surface area contributed by atoms with Crippen LogP contribution in [0.4, 0.5) is 4.39 Å². The summed E-state index contributed by atoms with van der Waals surface area (Å²) in [5.74, 6) is 1.25.